The molecule has 2 aromatic heterocycles. The van der Waals surface area contributed by atoms with Crippen LogP contribution in [0.4, 0.5) is 19.0 Å². The van der Waals surface area contributed by atoms with Crippen molar-refractivity contribution in [3.8, 4) is 0 Å². The van der Waals surface area contributed by atoms with Gasteiger partial charge in [-0.3, -0.25) is 5.10 Å². The van der Waals surface area contributed by atoms with E-state index >= 15 is 0 Å². The Morgan fingerprint density at radius 1 is 1.29 bits per heavy atom. The number of alkyl halides is 3. The van der Waals surface area contributed by atoms with Gasteiger partial charge in [-0.2, -0.15) is 18.3 Å². The van der Waals surface area contributed by atoms with E-state index < -0.39 is 11.7 Å². The number of anilines is 1. The molecule has 2 N–H and O–H groups in total. The molecule has 0 radical (unpaired) electrons. The minimum absolute atomic E-state index is 0.0665. The topological polar surface area (TPSA) is 75.7 Å². The zero-order valence-corrected chi connectivity index (χ0v) is 13.3. The van der Waals surface area contributed by atoms with Crippen LogP contribution in [0, 0.1) is 19.8 Å². The lowest BCUT2D eigenvalue weighted by atomic mass is 10.0. The van der Waals surface area contributed by atoms with Crippen LogP contribution in [0.2, 0.25) is 0 Å². The van der Waals surface area contributed by atoms with Gasteiger partial charge in [-0.05, 0) is 32.4 Å². The van der Waals surface area contributed by atoms with Gasteiger partial charge in [0, 0.05) is 24.8 Å². The summed E-state index contributed by atoms with van der Waals surface area (Å²) < 4.78 is 44.3. The van der Waals surface area contributed by atoms with Gasteiger partial charge in [0.2, 0.25) is 0 Å². The zero-order chi connectivity index (χ0) is 17.3. The Hall–Kier alpha value is -2.16. The SMILES string of the molecule is Cc1cc(C(F)(F)F)cc(NC[C@@H]2CCO[C@@H]2c2n[nH]c(C)n2)n1. The van der Waals surface area contributed by atoms with E-state index in [4.69, 9.17) is 4.74 Å². The Balaban J connectivity index is 1.70. The summed E-state index contributed by atoms with van der Waals surface area (Å²) >= 11 is 0. The van der Waals surface area contributed by atoms with Gasteiger partial charge >= 0.3 is 6.18 Å². The molecule has 0 saturated carbocycles. The summed E-state index contributed by atoms with van der Waals surface area (Å²) in [4.78, 5) is 8.40. The molecule has 1 fully saturated rings. The van der Waals surface area contributed by atoms with E-state index in [2.05, 4.69) is 25.5 Å². The number of nitrogens with one attached hydrogen (secondary N) is 2. The number of hydrogen-bond acceptors (Lipinski definition) is 5. The molecule has 1 aliphatic rings. The quantitative estimate of drug-likeness (QED) is 0.894. The summed E-state index contributed by atoms with van der Waals surface area (Å²) in [5.41, 5.74) is -0.391. The molecule has 1 aliphatic heterocycles. The van der Waals surface area contributed by atoms with Crippen LogP contribution in [0.3, 0.4) is 0 Å². The fourth-order valence-corrected chi connectivity index (χ4v) is 2.77. The normalized spacial score (nSPS) is 21.2. The molecule has 0 spiro atoms. The molecule has 2 aromatic rings. The third-order valence-corrected chi connectivity index (χ3v) is 3.91. The summed E-state index contributed by atoms with van der Waals surface area (Å²) in [6, 6.07) is 2.05. The molecule has 0 unspecified atom stereocenters. The maximum atomic E-state index is 12.9. The van der Waals surface area contributed by atoms with Crippen LogP contribution in [-0.2, 0) is 10.9 Å². The second kappa shape index (κ2) is 6.39. The molecule has 24 heavy (non-hydrogen) atoms. The van der Waals surface area contributed by atoms with Gasteiger partial charge in [0.15, 0.2) is 5.82 Å². The number of H-pyrrole nitrogens is 1. The van der Waals surface area contributed by atoms with Crippen LogP contribution in [0.15, 0.2) is 12.1 Å². The average Bonchev–Trinajstić information content (AvgIpc) is 3.12. The molecule has 6 nitrogen and oxygen atoms in total. The molecule has 0 aliphatic carbocycles. The van der Waals surface area contributed by atoms with Crippen molar-refractivity contribution in [2.75, 3.05) is 18.5 Å². The molecule has 9 heteroatoms. The van der Waals surface area contributed by atoms with Crippen LogP contribution in [0.1, 0.15) is 35.4 Å². The van der Waals surface area contributed by atoms with Gasteiger partial charge in [0.1, 0.15) is 17.7 Å². The highest BCUT2D eigenvalue weighted by molar-refractivity contribution is 5.40. The highest BCUT2D eigenvalue weighted by Gasteiger charge is 2.33. The average molecular weight is 341 g/mol. The molecule has 0 bridgehead atoms. The van der Waals surface area contributed by atoms with Crippen molar-refractivity contribution in [2.24, 2.45) is 5.92 Å². The third-order valence-electron chi connectivity index (χ3n) is 3.91. The number of halogens is 3. The van der Waals surface area contributed by atoms with Crippen LogP contribution >= 0.6 is 0 Å². The Morgan fingerprint density at radius 2 is 2.08 bits per heavy atom. The van der Waals surface area contributed by atoms with Crippen LogP contribution in [-0.4, -0.2) is 33.3 Å². The first kappa shape index (κ1) is 16.7. The Bertz CT molecular complexity index is 715. The first-order chi connectivity index (χ1) is 11.3. The summed E-state index contributed by atoms with van der Waals surface area (Å²) in [6.45, 7) is 4.35. The third kappa shape index (κ3) is 3.66. The van der Waals surface area contributed by atoms with Crippen molar-refractivity contribution in [2.45, 2.75) is 32.5 Å². The van der Waals surface area contributed by atoms with E-state index in [-0.39, 0.29) is 17.8 Å². The minimum atomic E-state index is -4.39. The van der Waals surface area contributed by atoms with Gasteiger partial charge in [-0.15, -0.1) is 0 Å². The number of nitrogens with zero attached hydrogens (tertiary/aromatic N) is 3. The molecular formula is C15H18F3N5O. The first-order valence-corrected chi connectivity index (χ1v) is 7.63. The molecule has 0 aromatic carbocycles. The maximum absolute atomic E-state index is 12.9. The Labute approximate surface area is 136 Å². The monoisotopic (exact) mass is 341 g/mol. The standard InChI is InChI=1S/C15H18F3N5O/c1-8-5-11(15(16,17)18)6-12(20-8)19-7-10-3-4-24-13(10)14-21-9(2)22-23-14/h5-6,10,13H,3-4,7H2,1-2H3,(H,19,20)(H,21,22,23)/t10-,13-/m0/s1. The number of aromatic nitrogens is 4. The van der Waals surface area contributed by atoms with E-state index in [0.29, 0.717) is 30.5 Å². The largest absolute Gasteiger partial charge is 0.416 e. The smallest absolute Gasteiger partial charge is 0.370 e. The predicted molar refractivity (Wildman–Crippen MR) is 80.4 cm³/mol. The lowest BCUT2D eigenvalue weighted by Crippen LogP contribution is -2.20. The van der Waals surface area contributed by atoms with Crippen LogP contribution in [0.25, 0.3) is 0 Å². The summed E-state index contributed by atoms with van der Waals surface area (Å²) in [5.74, 6) is 1.54. The van der Waals surface area contributed by atoms with Crippen molar-refractivity contribution in [1.29, 1.82) is 0 Å². The molecule has 130 valence electrons. The van der Waals surface area contributed by atoms with Gasteiger partial charge in [-0.1, -0.05) is 0 Å². The van der Waals surface area contributed by atoms with E-state index in [9.17, 15) is 13.2 Å². The zero-order valence-electron chi connectivity index (χ0n) is 13.3. The maximum Gasteiger partial charge on any atom is 0.416 e. The minimum Gasteiger partial charge on any atom is -0.370 e. The van der Waals surface area contributed by atoms with Crippen molar-refractivity contribution < 1.29 is 17.9 Å². The number of pyridine rings is 1. The second-order valence-corrected chi connectivity index (χ2v) is 5.88. The van der Waals surface area contributed by atoms with Crippen molar-refractivity contribution in [1.82, 2.24) is 20.2 Å². The first-order valence-electron chi connectivity index (χ1n) is 7.63. The number of aromatic amines is 1. The molecule has 1 saturated heterocycles. The van der Waals surface area contributed by atoms with E-state index in [0.717, 1.165) is 18.6 Å². The van der Waals surface area contributed by atoms with Crippen LogP contribution < -0.4 is 5.32 Å². The highest BCUT2D eigenvalue weighted by Crippen LogP contribution is 2.34. The van der Waals surface area contributed by atoms with Crippen molar-refractivity contribution >= 4 is 5.82 Å². The number of ether oxygens (including phenoxy) is 1. The fourth-order valence-electron chi connectivity index (χ4n) is 2.77. The van der Waals surface area contributed by atoms with E-state index in [1.165, 1.54) is 0 Å². The predicted octanol–water partition coefficient (Wildman–Crippen LogP) is 3.03. The molecule has 3 rings (SSSR count). The summed E-state index contributed by atoms with van der Waals surface area (Å²) in [7, 11) is 0. The van der Waals surface area contributed by atoms with Gasteiger partial charge in [0.25, 0.3) is 0 Å². The molecule has 2 atom stereocenters. The lowest BCUT2D eigenvalue weighted by Gasteiger charge is -2.17. The number of aryl methyl sites for hydroxylation is 2. The van der Waals surface area contributed by atoms with E-state index in [1.54, 1.807) is 13.8 Å². The molecular weight excluding hydrogens is 323 g/mol. The molecule has 0 amide bonds. The molecule has 3 heterocycles. The Morgan fingerprint density at radius 3 is 2.75 bits per heavy atom. The highest BCUT2D eigenvalue weighted by atomic mass is 19.4. The fraction of sp³-hybridized carbons (Fsp3) is 0.533. The van der Waals surface area contributed by atoms with E-state index in [1.807, 2.05) is 0 Å². The second-order valence-electron chi connectivity index (χ2n) is 5.88. The summed E-state index contributed by atoms with van der Waals surface area (Å²) in [5, 5.41) is 9.87. The number of rotatable bonds is 4. The van der Waals surface area contributed by atoms with Crippen LogP contribution in [0.5, 0.6) is 0 Å². The number of hydrogen-bond donors (Lipinski definition) is 2. The van der Waals surface area contributed by atoms with Crippen molar-refractivity contribution in [3.63, 3.8) is 0 Å². The Kier molecular flexibility index (Phi) is 4.44. The van der Waals surface area contributed by atoms with Gasteiger partial charge < -0.3 is 10.1 Å². The van der Waals surface area contributed by atoms with Gasteiger partial charge in [-0.25, -0.2) is 9.97 Å². The summed E-state index contributed by atoms with van der Waals surface area (Å²) in [6.07, 6.45) is -3.88. The van der Waals surface area contributed by atoms with Gasteiger partial charge in [0.05, 0.1) is 5.56 Å². The lowest BCUT2D eigenvalue weighted by molar-refractivity contribution is -0.137. The van der Waals surface area contributed by atoms with Crippen molar-refractivity contribution in [3.05, 3.63) is 35.0 Å².